The fourth-order valence-corrected chi connectivity index (χ4v) is 4.32. The van der Waals surface area contributed by atoms with Crippen molar-refractivity contribution in [1.82, 2.24) is 4.90 Å². The number of hydrogen-bond acceptors (Lipinski definition) is 5. The zero-order valence-corrected chi connectivity index (χ0v) is 17.4. The number of rotatable bonds is 5. The van der Waals surface area contributed by atoms with Crippen molar-refractivity contribution in [2.75, 3.05) is 37.7 Å². The monoisotopic (exact) mass is 407 g/mol. The van der Waals surface area contributed by atoms with Gasteiger partial charge in [0.15, 0.2) is 5.17 Å². The minimum Gasteiger partial charge on any atom is -0.494 e. The Kier molecular flexibility index (Phi) is 6.20. The van der Waals surface area contributed by atoms with E-state index in [0.717, 1.165) is 49.1 Å². The average molecular weight is 408 g/mol. The minimum atomic E-state index is -0.151. The lowest BCUT2D eigenvalue weighted by Gasteiger charge is -2.36. The van der Waals surface area contributed by atoms with Crippen LogP contribution in [0.2, 0.25) is 0 Å². The number of ether oxygens (including phenoxy) is 1. The highest BCUT2D eigenvalue weighted by molar-refractivity contribution is 8.18. The number of amidine groups is 1. The largest absolute Gasteiger partial charge is 0.494 e. The summed E-state index contributed by atoms with van der Waals surface area (Å²) in [6.07, 6.45) is 2.89. The molecule has 4 rings (SSSR count). The number of anilines is 1. The van der Waals surface area contributed by atoms with Crippen LogP contribution >= 0.6 is 11.8 Å². The molecule has 0 bridgehead atoms. The van der Waals surface area contributed by atoms with Crippen LogP contribution in [0.5, 0.6) is 5.75 Å². The fraction of sp³-hybridized carbons (Fsp3) is 0.304. The van der Waals surface area contributed by atoms with E-state index >= 15 is 0 Å². The van der Waals surface area contributed by atoms with Gasteiger partial charge >= 0.3 is 0 Å². The first-order valence-corrected chi connectivity index (χ1v) is 10.8. The Bertz CT molecular complexity index is 901. The molecule has 2 heterocycles. The molecule has 29 heavy (non-hydrogen) atoms. The van der Waals surface area contributed by atoms with E-state index in [2.05, 4.69) is 46.0 Å². The smallest absolute Gasteiger partial charge is 0.286 e. The van der Waals surface area contributed by atoms with Crippen LogP contribution < -0.4 is 9.64 Å². The Morgan fingerprint density at radius 1 is 1.00 bits per heavy atom. The third-order valence-electron chi connectivity index (χ3n) is 4.93. The number of amides is 1. The Labute approximate surface area is 176 Å². The number of para-hydroxylation sites is 1. The third-order valence-corrected chi connectivity index (χ3v) is 5.98. The molecule has 2 aromatic carbocycles. The number of benzene rings is 2. The molecular weight excluding hydrogens is 382 g/mol. The third kappa shape index (κ3) is 4.82. The van der Waals surface area contributed by atoms with Crippen molar-refractivity contribution in [1.29, 1.82) is 0 Å². The number of hydrogen-bond donors (Lipinski definition) is 0. The van der Waals surface area contributed by atoms with Gasteiger partial charge in [0.25, 0.3) is 5.91 Å². The van der Waals surface area contributed by atoms with Crippen molar-refractivity contribution in [3.8, 4) is 5.75 Å². The maximum Gasteiger partial charge on any atom is 0.286 e. The molecule has 0 atom stereocenters. The van der Waals surface area contributed by atoms with E-state index in [-0.39, 0.29) is 5.91 Å². The van der Waals surface area contributed by atoms with Gasteiger partial charge < -0.3 is 14.5 Å². The summed E-state index contributed by atoms with van der Waals surface area (Å²) in [4.78, 5) is 21.9. The van der Waals surface area contributed by atoms with Crippen LogP contribution in [0.3, 0.4) is 0 Å². The SMILES string of the molecule is CCCOc1ccc(/C=C2/SC(N3CCN(c4ccccc4)CC3)=NC2=O)cc1. The van der Waals surface area contributed by atoms with Crippen molar-refractivity contribution < 1.29 is 9.53 Å². The number of carbonyl (C=O) groups is 1. The lowest BCUT2D eigenvalue weighted by molar-refractivity contribution is -0.113. The van der Waals surface area contributed by atoms with Gasteiger partial charge in [-0.15, -0.1) is 0 Å². The predicted molar refractivity (Wildman–Crippen MR) is 120 cm³/mol. The van der Waals surface area contributed by atoms with Crippen molar-refractivity contribution in [3.05, 3.63) is 65.1 Å². The van der Waals surface area contributed by atoms with E-state index in [1.54, 1.807) is 0 Å². The number of thioether (sulfide) groups is 1. The summed E-state index contributed by atoms with van der Waals surface area (Å²) >= 11 is 1.47. The standard InChI is InChI=1S/C23H25N3O2S/c1-2-16-28-20-10-8-18(9-11-20)17-21-22(27)24-23(29-21)26-14-12-25(13-15-26)19-6-4-3-5-7-19/h3-11,17H,2,12-16H2,1H3/b21-17+. The molecule has 0 aromatic heterocycles. The van der Waals surface area contributed by atoms with Crippen molar-refractivity contribution >= 4 is 34.6 Å². The van der Waals surface area contributed by atoms with E-state index in [1.165, 1.54) is 17.4 Å². The van der Waals surface area contributed by atoms with Crippen molar-refractivity contribution in [2.24, 2.45) is 4.99 Å². The average Bonchev–Trinajstić information content (AvgIpc) is 3.14. The Morgan fingerprint density at radius 2 is 1.69 bits per heavy atom. The quantitative estimate of drug-likeness (QED) is 0.693. The van der Waals surface area contributed by atoms with Crippen LogP contribution in [0.4, 0.5) is 5.69 Å². The first-order chi connectivity index (χ1) is 14.2. The van der Waals surface area contributed by atoms with Crippen LogP contribution in [0.1, 0.15) is 18.9 Å². The molecule has 0 radical (unpaired) electrons. The van der Waals surface area contributed by atoms with Gasteiger partial charge in [-0.05, 0) is 54.1 Å². The first kappa shape index (κ1) is 19.6. The summed E-state index contributed by atoms with van der Waals surface area (Å²) in [5.41, 5.74) is 2.23. The van der Waals surface area contributed by atoms with Gasteiger partial charge in [-0.2, -0.15) is 4.99 Å². The van der Waals surface area contributed by atoms with E-state index in [0.29, 0.717) is 11.5 Å². The molecule has 0 unspecified atom stereocenters. The van der Waals surface area contributed by atoms with Crippen molar-refractivity contribution in [2.45, 2.75) is 13.3 Å². The van der Waals surface area contributed by atoms with E-state index in [1.807, 2.05) is 36.4 Å². The number of nitrogens with zero attached hydrogens (tertiary/aromatic N) is 3. The Morgan fingerprint density at radius 3 is 2.38 bits per heavy atom. The van der Waals surface area contributed by atoms with Gasteiger partial charge in [0.2, 0.25) is 0 Å². The molecule has 5 nitrogen and oxygen atoms in total. The summed E-state index contributed by atoms with van der Waals surface area (Å²) in [6.45, 7) is 6.38. The van der Waals surface area contributed by atoms with Crippen molar-refractivity contribution in [3.63, 3.8) is 0 Å². The maximum atomic E-state index is 12.4. The molecule has 6 heteroatoms. The highest BCUT2D eigenvalue weighted by atomic mass is 32.2. The topological polar surface area (TPSA) is 45.1 Å². The summed E-state index contributed by atoms with van der Waals surface area (Å²) < 4.78 is 5.61. The molecule has 1 saturated heterocycles. The molecule has 2 aromatic rings. The fourth-order valence-electron chi connectivity index (χ4n) is 3.36. The summed E-state index contributed by atoms with van der Waals surface area (Å²) in [6, 6.07) is 18.3. The Hall–Kier alpha value is -2.73. The zero-order valence-electron chi connectivity index (χ0n) is 16.6. The van der Waals surface area contributed by atoms with Gasteiger partial charge in [-0.3, -0.25) is 4.79 Å². The van der Waals surface area contributed by atoms with E-state index in [9.17, 15) is 4.79 Å². The lowest BCUT2D eigenvalue weighted by Crippen LogP contribution is -2.47. The van der Waals surface area contributed by atoms with Crippen LogP contribution in [0.25, 0.3) is 6.08 Å². The van der Waals surface area contributed by atoms with Crippen LogP contribution in [0.15, 0.2) is 64.5 Å². The van der Waals surface area contributed by atoms with E-state index < -0.39 is 0 Å². The van der Waals surface area contributed by atoms with Gasteiger partial charge in [0, 0.05) is 31.9 Å². The van der Waals surface area contributed by atoms with Crippen LogP contribution in [-0.4, -0.2) is 48.8 Å². The van der Waals surface area contributed by atoms with Gasteiger partial charge in [-0.1, -0.05) is 37.3 Å². The van der Waals surface area contributed by atoms with Gasteiger partial charge in [0.1, 0.15) is 5.75 Å². The predicted octanol–water partition coefficient (Wildman–Crippen LogP) is 4.27. The molecule has 150 valence electrons. The molecule has 2 aliphatic rings. The lowest BCUT2D eigenvalue weighted by atomic mass is 10.2. The summed E-state index contributed by atoms with van der Waals surface area (Å²) in [7, 11) is 0. The molecule has 0 N–H and O–H groups in total. The minimum absolute atomic E-state index is 0.151. The normalized spacial score (nSPS) is 18.3. The highest BCUT2D eigenvalue weighted by Gasteiger charge is 2.28. The summed E-state index contributed by atoms with van der Waals surface area (Å²) in [5.74, 6) is 0.703. The highest BCUT2D eigenvalue weighted by Crippen LogP contribution is 2.31. The molecule has 0 spiro atoms. The Balaban J connectivity index is 1.35. The molecule has 2 aliphatic heterocycles. The molecule has 0 saturated carbocycles. The molecular formula is C23H25N3O2S. The van der Waals surface area contributed by atoms with Gasteiger partial charge in [-0.25, -0.2) is 0 Å². The number of piperazine rings is 1. The molecule has 0 aliphatic carbocycles. The second-order valence-electron chi connectivity index (χ2n) is 7.04. The molecule has 1 fully saturated rings. The first-order valence-electron chi connectivity index (χ1n) is 10.0. The molecule has 1 amide bonds. The maximum absolute atomic E-state index is 12.4. The van der Waals surface area contributed by atoms with Gasteiger partial charge in [0.05, 0.1) is 11.5 Å². The van der Waals surface area contributed by atoms with Crippen LogP contribution in [0, 0.1) is 0 Å². The number of carbonyl (C=O) groups excluding carboxylic acids is 1. The van der Waals surface area contributed by atoms with E-state index in [4.69, 9.17) is 4.74 Å². The second kappa shape index (κ2) is 9.18. The zero-order chi connectivity index (χ0) is 20.1. The number of aliphatic imine (C=N–C) groups is 1. The second-order valence-corrected chi connectivity index (χ2v) is 8.05. The summed E-state index contributed by atoms with van der Waals surface area (Å²) in [5, 5.41) is 0.817. The van der Waals surface area contributed by atoms with Crippen LogP contribution in [-0.2, 0) is 4.79 Å².